The van der Waals surface area contributed by atoms with Crippen molar-refractivity contribution in [1.82, 2.24) is 4.90 Å². The van der Waals surface area contributed by atoms with Crippen molar-refractivity contribution in [2.45, 2.75) is 12.8 Å². The SMILES string of the molecule is COc1ccc(C(F)(F)F)cc1NC(=O)CN1C(=O)S/C(=C\c2ccc(OCc3ccc4ccccc4c3)c(Cl)c2)C1=O. The minimum absolute atomic E-state index is 0.0167. The number of thioether (sulfide) groups is 1. The van der Waals surface area contributed by atoms with Gasteiger partial charge in [0.25, 0.3) is 11.1 Å². The van der Waals surface area contributed by atoms with E-state index in [-0.39, 0.29) is 22.9 Å². The van der Waals surface area contributed by atoms with E-state index >= 15 is 0 Å². The molecule has 0 unspecified atom stereocenters. The fourth-order valence-electron chi connectivity index (χ4n) is 4.32. The molecule has 12 heteroatoms. The van der Waals surface area contributed by atoms with Crippen LogP contribution in [0.3, 0.4) is 0 Å². The molecule has 1 aliphatic rings. The summed E-state index contributed by atoms with van der Waals surface area (Å²) in [5, 5.41) is 4.08. The minimum atomic E-state index is -4.65. The molecule has 7 nitrogen and oxygen atoms in total. The molecule has 1 fully saturated rings. The van der Waals surface area contributed by atoms with Crippen LogP contribution < -0.4 is 14.8 Å². The van der Waals surface area contributed by atoms with Crippen LogP contribution >= 0.6 is 23.4 Å². The van der Waals surface area contributed by atoms with Crippen molar-refractivity contribution in [2.75, 3.05) is 19.0 Å². The summed E-state index contributed by atoms with van der Waals surface area (Å²) in [7, 11) is 1.23. The Labute approximate surface area is 253 Å². The minimum Gasteiger partial charge on any atom is -0.495 e. The van der Waals surface area contributed by atoms with Crippen LogP contribution in [0.1, 0.15) is 16.7 Å². The van der Waals surface area contributed by atoms with Gasteiger partial charge in [0, 0.05) is 0 Å². The molecule has 4 aromatic carbocycles. The fraction of sp³-hybridized carbons (Fsp3) is 0.129. The van der Waals surface area contributed by atoms with Gasteiger partial charge in [0.15, 0.2) is 0 Å². The number of carbonyl (C=O) groups excluding carboxylic acids is 3. The Balaban J connectivity index is 1.23. The third-order valence-corrected chi connectivity index (χ3v) is 7.64. The molecule has 0 aliphatic carbocycles. The van der Waals surface area contributed by atoms with Crippen LogP contribution in [0, 0.1) is 0 Å². The first-order chi connectivity index (χ1) is 20.5. The molecule has 5 rings (SSSR count). The lowest BCUT2D eigenvalue weighted by atomic mass is 10.1. The molecule has 1 saturated heterocycles. The van der Waals surface area contributed by atoms with Crippen LogP contribution in [-0.2, 0) is 22.4 Å². The summed E-state index contributed by atoms with van der Waals surface area (Å²) in [6, 6.07) is 21.5. The third kappa shape index (κ3) is 6.95. The second-order valence-corrected chi connectivity index (χ2v) is 10.8. The van der Waals surface area contributed by atoms with Crippen molar-refractivity contribution in [1.29, 1.82) is 0 Å². The zero-order valence-electron chi connectivity index (χ0n) is 22.4. The molecule has 43 heavy (non-hydrogen) atoms. The number of rotatable bonds is 8. The van der Waals surface area contributed by atoms with Crippen LogP contribution in [0.15, 0.2) is 83.8 Å². The summed E-state index contributed by atoms with van der Waals surface area (Å²) in [6.07, 6.45) is -3.19. The largest absolute Gasteiger partial charge is 0.495 e. The van der Waals surface area contributed by atoms with Crippen LogP contribution in [0.5, 0.6) is 11.5 Å². The Kier molecular flexibility index (Phi) is 8.65. The first kappa shape index (κ1) is 30.0. The van der Waals surface area contributed by atoms with Crippen molar-refractivity contribution in [3.05, 3.63) is 105 Å². The lowest BCUT2D eigenvalue weighted by Crippen LogP contribution is -2.36. The molecule has 0 bridgehead atoms. The number of carbonyl (C=O) groups is 3. The van der Waals surface area contributed by atoms with Gasteiger partial charge < -0.3 is 14.8 Å². The van der Waals surface area contributed by atoms with Gasteiger partial charge in [-0.25, -0.2) is 0 Å². The fourth-order valence-corrected chi connectivity index (χ4v) is 5.40. The molecule has 0 spiro atoms. The van der Waals surface area contributed by atoms with Gasteiger partial charge in [0.05, 0.1) is 28.3 Å². The highest BCUT2D eigenvalue weighted by Crippen LogP contribution is 2.36. The van der Waals surface area contributed by atoms with Gasteiger partial charge in [-0.15, -0.1) is 0 Å². The van der Waals surface area contributed by atoms with Gasteiger partial charge >= 0.3 is 6.18 Å². The number of ether oxygens (including phenoxy) is 2. The number of methoxy groups -OCH3 is 1. The third-order valence-electron chi connectivity index (χ3n) is 6.44. The first-order valence-electron chi connectivity index (χ1n) is 12.7. The molecular formula is C31H22ClF3N2O5S. The molecule has 0 aromatic heterocycles. The monoisotopic (exact) mass is 626 g/mol. The van der Waals surface area contributed by atoms with E-state index < -0.39 is 35.3 Å². The highest BCUT2D eigenvalue weighted by Gasteiger charge is 2.37. The number of halogens is 4. The summed E-state index contributed by atoms with van der Waals surface area (Å²) in [6.45, 7) is -0.416. The molecule has 3 amide bonds. The Morgan fingerprint density at radius 2 is 1.72 bits per heavy atom. The van der Waals surface area contributed by atoms with Crippen molar-refractivity contribution in [3.63, 3.8) is 0 Å². The Morgan fingerprint density at radius 1 is 0.977 bits per heavy atom. The topological polar surface area (TPSA) is 84.9 Å². The maximum atomic E-state index is 13.1. The van der Waals surface area contributed by atoms with Gasteiger partial charge in [0.2, 0.25) is 5.91 Å². The zero-order chi connectivity index (χ0) is 30.7. The van der Waals surface area contributed by atoms with Gasteiger partial charge in [-0.2, -0.15) is 13.2 Å². The summed E-state index contributed by atoms with van der Waals surface area (Å²) in [5.41, 5.74) is 0.235. The van der Waals surface area contributed by atoms with E-state index in [2.05, 4.69) is 5.32 Å². The average molecular weight is 627 g/mol. The molecule has 1 aliphatic heterocycles. The number of benzene rings is 4. The number of hydrogen-bond acceptors (Lipinski definition) is 6. The quantitative estimate of drug-likeness (QED) is 0.201. The van der Waals surface area contributed by atoms with Crippen LogP contribution in [0.25, 0.3) is 16.8 Å². The highest BCUT2D eigenvalue weighted by atomic mass is 35.5. The molecule has 4 aromatic rings. The van der Waals surface area contributed by atoms with E-state index in [1.54, 1.807) is 18.2 Å². The Bertz CT molecular complexity index is 1780. The number of nitrogens with zero attached hydrogens (tertiary/aromatic N) is 1. The number of hydrogen-bond donors (Lipinski definition) is 1. The van der Waals surface area contributed by atoms with Gasteiger partial charge in [0.1, 0.15) is 24.7 Å². The maximum Gasteiger partial charge on any atom is 0.416 e. The number of anilines is 1. The van der Waals surface area contributed by atoms with Gasteiger partial charge in [-0.3, -0.25) is 19.3 Å². The number of alkyl halides is 3. The smallest absolute Gasteiger partial charge is 0.416 e. The molecule has 1 heterocycles. The summed E-state index contributed by atoms with van der Waals surface area (Å²) in [5.74, 6) is -1.19. The predicted molar refractivity (Wildman–Crippen MR) is 159 cm³/mol. The normalized spacial score (nSPS) is 14.4. The lowest BCUT2D eigenvalue weighted by Gasteiger charge is -2.16. The van der Waals surface area contributed by atoms with Crippen LogP contribution in [-0.4, -0.2) is 35.6 Å². The molecule has 0 saturated carbocycles. The van der Waals surface area contributed by atoms with E-state index in [1.807, 2.05) is 42.5 Å². The number of fused-ring (bicyclic) bond motifs is 1. The number of nitrogens with one attached hydrogen (secondary N) is 1. The standard InChI is InChI=1S/C31H22ClF3N2O5S/c1-41-26-11-9-22(31(33,34)35)15-24(26)36-28(38)16-37-29(39)27(43-30(37)40)14-18-7-10-25(23(32)13-18)42-17-19-6-8-20-4-2-3-5-21(20)12-19/h2-15H,16-17H2,1H3,(H,36,38)/b27-14-. The Morgan fingerprint density at radius 3 is 2.44 bits per heavy atom. The second-order valence-electron chi connectivity index (χ2n) is 9.39. The van der Waals surface area contributed by atoms with Gasteiger partial charge in [-0.1, -0.05) is 54.1 Å². The number of imide groups is 1. The lowest BCUT2D eigenvalue weighted by molar-refractivity contribution is -0.137. The molecule has 0 atom stereocenters. The summed E-state index contributed by atoms with van der Waals surface area (Å²) in [4.78, 5) is 38.8. The van der Waals surface area contributed by atoms with Crippen molar-refractivity contribution in [3.8, 4) is 11.5 Å². The van der Waals surface area contributed by atoms with Crippen LogP contribution in [0.4, 0.5) is 23.7 Å². The molecule has 1 N–H and O–H groups in total. The van der Waals surface area contributed by atoms with Crippen molar-refractivity contribution < 1.29 is 37.0 Å². The molecule has 0 radical (unpaired) electrons. The van der Waals surface area contributed by atoms with Crippen LogP contribution in [0.2, 0.25) is 5.02 Å². The molecular weight excluding hydrogens is 605 g/mol. The average Bonchev–Trinajstić information content (AvgIpc) is 3.23. The highest BCUT2D eigenvalue weighted by molar-refractivity contribution is 8.18. The number of amides is 3. The maximum absolute atomic E-state index is 13.1. The van der Waals surface area contributed by atoms with E-state index in [0.717, 1.165) is 28.5 Å². The van der Waals surface area contributed by atoms with E-state index in [9.17, 15) is 27.6 Å². The summed E-state index contributed by atoms with van der Waals surface area (Å²) < 4.78 is 50.3. The van der Waals surface area contributed by atoms with Crippen molar-refractivity contribution in [2.24, 2.45) is 0 Å². The van der Waals surface area contributed by atoms with Crippen molar-refractivity contribution >= 4 is 63.0 Å². The molecule has 220 valence electrons. The zero-order valence-corrected chi connectivity index (χ0v) is 24.0. The Hall–Kier alpha value is -4.48. The predicted octanol–water partition coefficient (Wildman–Crippen LogP) is 7.77. The van der Waals surface area contributed by atoms with E-state index in [4.69, 9.17) is 21.1 Å². The van der Waals surface area contributed by atoms with E-state index in [1.165, 1.54) is 13.2 Å². The first-order valence-corrected chi connectivity index (χ1v) is 13.9. The van der Waals surface area contributed by atoms with E-state index in [0.29, 0.717) is 39.1 Å². The van der Waals surface area contributed by atoms with Gasteiger partial charge in [-0.05, 0) is 76.1 Å². The second kappa shape index (κ2) is 12.4. The summed E-state index contributed by atoms with van der Waals surface area (Å²) >= 11 is 7.05.